The van der Waals surface area contributed by atoms with Gasteiger partial charge in [0, 0.05) is 18.1 Å². The monoisotopic (exact) mass is 448 g/mol. The summed E-state index contributed by atoms with van der Waals surface area (Å²) in [6.45, 7) is 9.65. The Morgan fingerprint density at radius 2 is 1.70 bits per heavy atom. The molecule has 0 aliphatic rings. The number of rotatable bonds is 10. The minimum Gasteiger partial charge on any atom is -0.496 e. The summed E-state index contributed by atoms with van der Waals surface area (Å²) >= 11 is 0. The van der Waals surface area contributed by atoms with Crippen molar-refractivity contribution in [2.45, 2.75) is 58.3 Å². The minimum absolute atomic E-state index is 0.00535. The summed E-state index contributed by atoms with van der Waals surface area (Å²) in [6, 6.07) is 21.2. The third kappa shape index (κ3) is 6.10. The van der Waals surface area contributed by atoms with Crippen LogP contribution in [-0.2, 0) is 12.3 Å². The SMILES string of the molecule is C=C(CCCc1ccc(C(C)CC)cc1)c1ccc(-c2ccccc2C(C)(F)F)c(OC)c1. The number of methoxy groups -OCH3 is 1. The molecule has 3 aromatic carbocycles. The molecule has 1 unspecified atom stereocenters. The van der Waals surface area contributed by atoms with E-state index < -0.39 is 5.92 Å². The quantitative estimate of drug-likeness (QED) is 0.301. The second-order valence-corrected chi connectivity index (χ2v) is 8.86. The van der Waals surface area contributed by atoms with Gasteiger partial charge in [-0.05, 0) is 65.5 Å². The van der Waals surface area contributed by atoms with Crippen molar-refractivity contribution >= 4 is 5.57 Å². The Morgan fingerprint density at radius 1 is 1.00 bits per heavy atom. The average Bonchev–Trinajstić information content (AvgIpc) is 2.83. The van der Waals surface area contributed by atoms with Crippen molar-refractivity contribution in [2.75, 3.05) is 7.11 Å². The zero-order valence-electron chi connectivity index (χ0n) is 20.1. The van der Waals surface area contributed by atoms with Gasteiger partial charge in [-0.3, -0.25) is 0 Å². The lowest BCUT2D eigenvalue weighted by atomic mass is 9.92. The topological polar surface area (TPSA) is 9.23 Å². The molecule has 0 amide bonds. The maximum Gasteiger partial charge on any atom is 0.271 e. The average molecular weight is 449 g/mol. The van der Waals surface area contributed by atoms with Gasteiger partial charge >= 0.3 is 0 Å². The van der Waals surface area contributed by atoms with Crippen LogP contribution in [-0.4, -0.2) is 7.11 Å². The number of ether oxygens (including phenoxy) is 1. The molecule has 0 heterocycles. The van der Waals surface area contributed by atoms with Gasteiger partial charge in [0.15, 0.2) is 0 Å². The van der Waals surface area contributed by atoms with Crippen LogP contribution >= 0.6 is 0 Å². The number of hydrogen-bond acceptors (Lipinski definition) is 1. The van der Waals surface area contributed by atoms with Gasteiger partial charge in [-0.2, -0.15) is 0 Å². The molecular formula is C30H34F2O. The smallest absolute Gasteiger partial charge is 0.271 e. The van der Waals surface area contributed by atoms with Gasteiger partial charge in [0.2, 0.25) is 0 Å². The highest BCUT2D eigenvalue weighted by molar-refractivity contribution is 5.77. The first-order valence-electron chi connectivity index (χ1n) is 11.7. The minimum atomic E-state index is -2.93. The fraction of sp³-hybridized carbons (Fsp3) is 0.333. The van der Waals surface area contributed by atoms with Crippen molar-refractivity contribution in [1.29, 1.82) is 0 Å². The molecule has 0 aliphatic carbocycles. The highest BCUT2D eigenvalue weighted by Crippen LogP contribution is 2.40. The Hall–Kier alpha value is -2.94. The first-order valence-corrected chi connectivity index (χ1v) is 11.7. The second-order valence-electron chi connectivity index (χ2n) is 8.86. The van der Waals surface area contributed by atoms with Crippen molar-refractivity contribution in [3.8, 4) is 16.9 Å². The Balaban J connectivity index is 1.70. The van der Waals surface area contributed by atoms with Gasteiger partial charge < -0.3 is 4.74 Å². The van der Waals surface area contributed by atoms with Crippen molar-refractivity contribution in [3.63, 3.8) is 0 Å². The summed E-state index contributed by atoms with van der Waals surface area (Å²) in [4.78, 5) is 0. The number of halogens is 2. The van der Waals surface area contributed by atoms with Crippen LogP contribution in [0.15, 0.2) is 73.3 Å². The van der Waals surface area contributed by atoms with E-state index in [1.54, 1.807) is 25.3 Å². The third-order valence-electron chi connectivity index (χ3n) is 6.41. The van der Waals surface area contributed by atoms with Crippen molar-refractivity contribution in [3.05, 3.63) is 95.6 Å². The van der Waals surface area contributed by atoms with Gasteiger partial charge in [-0.1, -0.05) is 81.1 Å². The summed E-state index contributed by atoms with van der Waals surface area (Å²) in [5.41, 5.74) is 5.86. The molecule has 0 fully saturated rings. The summed E-state index contributed by atoms with van der Waals surface area (Å²) in [7, 11) is 1.57. The number of alkyl halides is 2. The van der Waals surface area contributed by atoms with Gasteiger partial charge in [0.05, 0.1) is 7.11 Å². The normalized spacial score (nSPS) is 12.4. The predicted octanol–water partition coefficient (Wildman–Crippen LogP) is 9.02. The lowest BCUT2D eigenvalue weighted by Gasteiger charge is -2.18. The van der Waals surface area contributed by atoms with Crippen LogP contribution < -0.4 is 4.74 Å². The molecule has 3 heteroatoms. The van der Waals surface area contributed by atoms with E-state index in [-0.39, 0.29) is 5.56 Å². The maximum absolute atomic E-state index is 14.1. The Kier molecular flexibility index (Phi) is 8.07. The molecule has 0 saturated heterocycles. The first kappa shape index (κ1) is 24.7. The van der Waals surface area contributed by atoms with Crippen LogP contribution in [0.4, 0.5) is 8.78 Å². The van der Waals surface area contributed by atoms with Gasteiger partial charge in [-0.15, -0.1) is 0 Å². The molecule has 1 nitrogen and oxygen atoms in total. The van der Waals surface area contributed by atoms with Crippen LogP contribution in [0.2, 0.25) is 0 Å². The number of aryl methyl sites for hydroxylation is 1. The van der Waals surface area contributed by atoms with E-state index in [0.717, 1.165) is 43.7 Å². The van der Waals surface area contributed by atoms with Crippen molar-refractivity contribution < 1.29 is 13.5 Å². The number of benzene rings is 3. The molecular weight excluding hydrogens is 414 g/mol. The van der Waals surface area contributed by atoms with Crippen molar-refractivity contribution in [1.82, 2.24) is 0 Å². The largest absolute Gasteiger partial charge is 0.496 e. The fourth-order valence-corrected chi connectivity index (χ4v) is 4.13. The molecule has 3 rings (SSSR count). The van der Waals surface area contributed by atoms with E-state index >= 15 is 0 Å². The third-order valence-corrected chi connectivity index (χ3v) is 6.41. The van der Waals surface area contributed by atoms with Gasteiger partial charge in [0.25, 0.3) is 5.92 Å². The first-order chi connectivity index (χ1) is 15.7. The van der Waals surface area contributed by atoms with Gasteiger partial charge in [0.1, 0.15) is 5.75 Å². The van der Waals surface area contributed by atoms with Crippen LogP contribution in [0.3, 0.4) is 0 Å². The Morgan fingerprint density at radius 3 is 2.33 bits per heavy atom. The van der Waals surface area contributed by atoms with Crippen LogP contribution in [0.1, 0.15) is 68.2 Å². The standard InChI is InChI=1S/C30H34F2O/c1-6-21(2)24-16-14-23(15-17-24)11-9-10-22(3)25-18-19-27(29(20-25)33-5)26-12-7-8-13-28(26)30(4,31)32/h7-8,12-21H,3,6,9-11H2,1-2,4-5H3. The summed E-state index contributed by atoms with van der Waals surface area (Å²) < 4.78 is 33.9. The van der Waals surface area contributed by atoms with Crippen LogP contribution in [0.5, 0.6) is 5.75 Å². The number of hydrogen-bond donors (Lipinski definition) is 0. The van der Waals surface area contributed by atoms with E-state index in [4.69, 9.17) is 4.74 Å². The number of allylic oxidation sites excluding steroid dienone is 1. The Bertz CT molecular complexity index is 1080. The molecule has 1 atom stereocenters. The molecule has 0 bridgehead atoms. The molecule has 0 aliphatic heterocycles. The molecule has 0 aromatic heterocycles. The maximum atomic E-state index is 14.1. The lowest BCUT2D eigenvalue weighted by molar-refractivity contribution is 0.0181. The molecule has 33 heavy (non-hydrogen) atoms. The van der Waals surface area contributed by atoms with E-state index in [1.165, 1.54) is 17.2 Å². The molecule has 3 aromatic rings. The molecule has 0 radical (unpaired) electrons. The molecule has 0 N–H and O–H groups in total. The fourth-order valence-electron chi connectivity index (χ4n) is 4.13. The van der Waals surface area contributed by atoms with Crippen LogP contribution in [0.25, 0.3) is 16.7 Å². The zero-order valence-corrected chi connectivity index (χ0v) is 20.1. The highest BCUT2D eigenvalue weighted by atomic mass is 19.3. The van der Waals surface area contributed by atoms with E-state index in [9.17, 15) is 8.78 Å². The second kappa shape index (κ2) is 10.8. The summed E-state index contributed by atoms with van der Waals surface area (Å²) in [5, 5.41) is 0. The lowest BCUT2D eigenvalue weighted by Crippen LogP contribution is -2.09. The van der Waals surface area contributed by atoms with Crippen LogP contribution in [0, 0.1) is 0 Å². The molecule has 0 spiro atoms. The zero-order chi connectivity index (χ0) is 24.0. The molecule has 174 valence electrons. The summed E-state index contributed by atoms with van der Waals surface area (Å²) in [6.07, 6.45) is 4.00. The molecule has 0 saturated carbocycles. The van der Waals surface area contributed by atoms with E-state index in [1.807, 2.05) is 18.2 Å². The summed E-state index contributed by atoms with van der Waals surface area (Å²) in [5.74, 6) is -1.77. The Labute approximate surface area is 197 Å². The predicted molar refractivity (Wildman–Crippen MR) is 135 cm³/mol. The van der Waals surface area contributed by atoms with E-state index in [0.29, 0.717) is 22.8 Å². The highest BCUT2D eigenvalue weighted by Gasteiger charge is 2.28. The van der Waals surface area contributed by atoms with E-state index in [2.05, 4.69) is 44.7 Å². The van der Waals surface area contributed by atoms with Gasteiger partial charge in [-0.25, -0.2) is 8.78 Å². The van der Waals surface area contributed by atoms with Crippen molar-refractivity contribution in [2.24, 2.45) is 0 Å².